The van der Waals surface area contributed by atoms with Crippen molar-refractivity contribution in [3.8, 4) is 5.75 Å². The lowest BCUT2D eigenvalue weighted by Gasteiger charge is -2.22. The molecule has 0 aromatic heterocycles. The third-order valence-corrected chi connectivity index (χ3v) is 4.96. The standard InChI is InChI=1S/C26H31N3O9/c1-16(2)14-37-26(35)38-24(33)22(18-9-11-19(30)12-10-18)29-23(32)20(13-21(31)27-3)28-25(34)36-15-17-7-5-4-6-8-17/h4-12,16,20,22,30H,13-15H2,1-3H3,(H,27,31)(H,28,34)(H,29,32). The number of ether oxygens (including phenoxy) is 3. The number of hydrogen-bond acceptors (Lipinski definition) is 9. The molecule has 0 spiro atoms. The van der Waals surface area contributed by atoms with E-state index >= 15 is 0 Å². The molecule has 4 N–H and O–H groups in total. The summed E-state index contributed by atoms with van der Waals surface area (Å²) in [4.78, 5) is 62.3. The summed E-state index contributed by atoms with van der Waals surface area (Å²) >= 11 is 0. The van der Waals surface area contributed by atoms with Gasteiger partial charge in [-0.25, -0.2) is 14.4 Å². The van der Waals surface area contributed by atoms with Crippen molar-refractivity contribution in [2.45, 2.75) is 39.0 Å². The van der Waals surface area contributed by atoms with E-state index in [1.165, 1.54) is 31.3 Å². The number of carbonyl (C=O) groups excluding carboxylic acids is 5. The average Bonchev–Trinajstić information content (AvgIpc) is 2.89. The predicted molar refractivity (Wildman–Crippen MR) is 134 cm³/mol. The van der Waals surface area contributed by atoms with Gasteiger partial charge in [-0.15, -0.1) is 0 Å². The van der Waals surface area contributed by atoms with Gasteiger partial charge in [-0.1, -0.05) is 56.3 Å². The number of hydrogen-bond donors (Lipinski definition) is 4. The van der Waals surface area contributed by atoms with Gasteiger partial charge in [-0.3, -0.25) is 9.59 Å². The van der Waals surface area contributed by atoms with E-state index in [2.05, 4.69) is 16.0 Å². The molecule has 2 unspecified atom stereocenters. The number of esters is 1. The molecule has 2 atom stereocenters. The van der Waals surface area contributed by atoms with Crippen LogP contribution in [0.25, 0.3) is 0 Å². The Kier molecular flexibility index (Phi) is 11.6. The first-order valence-corrected chi connectivity index (χ1v) is 11.7. The van der Waals surface area contributed by atoms with E-state index in [1.807, 2.05) is 0 Å². The summed E-state index contributed by atoms with van der Waals surface area (Å²) in [6.45, 7) is 3.51. The molecule has 3 amide bonds. The molecule has 0 fully saturated rings. The molecule has 0 bridgehead atoms. The highest BCUT2D eigenvalue weighted by Crippen LogP contribution is 2.19. The van der Waals surface area contributed by atoms with Gasteiger partial charge in [0.1, 0.15) is 18.4 Å². The Morgan fingerprint density at radius 2 is 1.55 bits per heavy atom. The van der Waals surface area contributed by atoms with Crippen molar-refractivity contribution in [2.24, 2.45) is 5.92 Å². The Hall–Kier alpha value is -4.61. The first kappa shape index (κ1) is 29.6. The van der Waals surface area contributed by atoms with Gasteiger partial charge in [-0.05, 0) is 29.2 Å². The van der Waals surface area contributed by atoms with Crippen LogP contribution in [0.5, 0.6) is 5.75 Å². The zero-order chi connectivity index (χ0) is 28.1. The predicted octanol–water partition coefficient (Wildman–Crippen LogP) is 2.32. The van der Waals surface area contributed by atoms with Crippen molar-refractivity contribution in [1.82, 2.24) is 16.0 Å². The van der Waals surface area contributed by atoms with Crippen LogP contribution in [0.3, 0.4) is 0 Å². The van der Waals surface area contributed by atoms with E-state index in [4.69, 9.17) is 14.2 Å². The van der Waals surface area contributed by atoms with E-state index < -0.39 is 48.5 Å². The van der Waals surface area contributed by atoms with Crippen LogP contribution in [0.2, 0.25) is 0 Å². The highest BCUT2D eigenvalue weighted by atomic mass is 16.7. The molecular formula is C26H31N3O9. The van der Waals surface area contributed by atoms with Gasteiger partial charge in [0.05, 0.1) is 13.0 Å². The molecule has 0 aliphatic carbocycles. The van der Waals surface area contributed by atoms with Crippen molar-refractivity contribution >= 4 is 30.0 Å². The number of nitrogens with one attached hydrogen (secondary N) is 3. The third kappa shape index (κ3) is 10.2. The largest absolute Gasteiger partial charge is 0.516 e. The van der Waals surface area contributed by atoms with Crippen molar-refractivity contribution in [3.63, 3.8) is 0 Å². The maximum absolute atomic E-state index is 13.1. The van der Waals surface area contributed by atoms with Gasteiger partial charge in [0.2, 0.25) is 11.8 Å². The third-order valence-electron chi connectivity index (χ3n) is 4.96. The van der Waals surface area contributed by atoms with Crippen LogP contribution in [0.1, 0.15) is 37.4 Å². The Labute approximate surface area is 219 Å². The summed E-state index contributed by atoms with van der Waals surface area (Å²) in [5.74, 6) is -2.80. The monoisotopic (exact) mass is 529 g/mol. The highest BCUT2D eigenvalue weighted by Gasteiger charge is 2.32. The number of amides is 3. The lowest BCUT2D eigenvalue weighted by molar-refractivity contribution is -0.145. The Balaban J connectivity index is 2.17. The Bertz CT molecular complexity index is 1100. The molecule has 12 nitrogen and oxygen atoms in total. The van der Waals surface area contributed by atoms with Gasteiger partial charge in [0.25, 0.3) is 0 Å². The van der Waals surface area contributed by atoms with Crippen LogP contribution in [-0.2, 0) is 35.2 Å². The van der Waals surface area contributed by atoms with Gasteiger partial charge < -0.3 is 35.3 Å². The minimum absolute atomic E-state index is 0.00552. The molecule has 0 aliphatic heterocycles. The molecule has 0 heterocycles. The molecule has 0 radical (unpaired) electrons. The molecule has 0 saturated carbocycles. The van der Waals surface area contributed by atoms with Crippen molar-refractivity contribution < 1.29 is 43.3 Å². The number of phenolic OH excluding ortho intramolecular Hbond substituents is 1. The van der Waals surface area contributed by atoms with E-state index in [0.717, 1.165) is 0 Å². The summed E-state index contributed by atoms with van der Waals surface area (Å²) in [6.07, 6.45) is -2.71. The molecule has 204 valence electrons. The minimum Gasteiger partial charge on any atom is -0.508 e. The number of aromatic hydroxyl groups is 1. The number of benzene rings is 2. The minimum atomic E-state index is -1.54. The maximum Gasteiger partial charge on any atom is 0.516 e. The first-order valence-electron chi connectivity index (χ1n) is 11.7. The highest BCUT2D eigenvalue weighted by molar-refractivity contribution is 5.95. The van der Waals surface area contributed by atoms with Crippen molar-refractivity contribution in [2.75, 3.05) is 13.7 Å². The zero-order valence-corrected chi connectivity index (χ0v) is 21.3. The Morgan fingerprint density at radius 3 is 2.16 bits per heavy atom. The van der Waals surface area contributed by atoms with E-state index in [1.54, 1.807) is 44.2 Å². The van der Waals surface area contributed by atoms with Crippen molar-refractivity contribution in [3.05, 3.63) is 65.7 Å². The lowest BCUT2D eigenvalue weighted by atomic mass is 10.1. The second-order valence-corrected chi connectivity index (χ2v) is 8.55. The SMILES string of the molecule is CNC(=O)CC(NC(=O)OCc1ccccc1)C(=O)NC(C(=O)OC(=O)OCC(C)C)c1ccc(O)cc1. The molecule has 2 aromatic carbocycles. The molecule has 2 aromatic rings. The smallest absolute Gasteiger partial charge is 0.508 e. The molecule has 12 heteroatoms. The molecule has 0 saturated heterocycles. The quantitative estimate of drug-likeness (QED) is 0.252. The number of phenols is 1. The van der Waals surface area contributed by atoms with Crippen LogP contribution in [0.15, 0.2) is 54.6 Å². The summed E-state index contributed by atoms with van der Waals surface area (Å²) in [6, 6.07) is 11.0. The molecule has 2 rings (SSSR count). The van der Waals surface area contributed by atoms with Crippen LogP contribution in [-0.4, -0.2) is 54.8 Å². The van der Waals surface area contributed by atoms with E-state index in [9.17, 15) is 29.1 Å². The maximum atomic E-state index is 13.1. The average molecular weight is 530 g/mol. The molecular weight excluding hydrogens is 498 g/mol. The van der Waals surface area contributed by atoms with Crippen molar-refractivity contribution in [1.29, 1.82) is 0 Å². The van der Waals surface area contributed by atoms with Gasteiger partial charge in [-0.2, -0.15) is 0 Å². The van der Waals surface area contributed by atoms with Crippen LogP contribution >= 0.6 is 0 Å². The van der Waals surface area contributed by atoms with E-state index in [-0.39, 0.29) is 30.4 Å². The normalized spacial score (nSPS) is 12.0. The summed E-state index contributed by atoms with van der Waals surface area (Å²) in [7, 11) is 1.35. The van der Waals surface area contributed by atoms with Crippen LogP contribution in [0.4, 0.5) is 9.59 Å². The number of rotatable bonds is 11. The second kappa shape index (κ2) is 14.8. The van der Waals surface area contributed by atoms with Crippen LogP contribution in [0, 0.1) is 5.92 Å². The van der Waals surface area contributed by atoms with Gasteiger partial charge in [0, 0.05) is 7.05 Å². The fraction of sp³-hybridized carbons (Fsp3) is 0.346. The van der Waals surface area contributed by atoms with Gasteiger partial charge >= 0.3 is 18.2 Å². The summed E-state index contributed by atoms with van der Waals surface area (Å²) in [5, 5.41) is 16.6. The topological polar surface area (TPSA) is 169 Å². The van der Waals surface area contributed by atoms with Crippen LogP contribution < -0.4 is 16.0 Å². The first-order chi connectivity index (χ1) is 18.1. The Morgan fingerprint density at radius 1 is 0.895 bits per heavy atom. The molecule has 0 aliphatic rings. The fourth-order valence-corrected chi connectivity index (χ4v) is 3.00. The zero-order valence-electron chi connectivity index (χ0n) is 21.3. The number of alkyl carbamates (subject to hydrolysis) is 1. The summed E-state index contributed by atoms with van der Waals surface area (Å²) < 4.78 is 14.7. The van der Waals surface area contributed by atoms with E-state index in [0.29, 0.717) is 5.56 Å². The molecule has 38 heavy (non-hydrogen) atoms. The summed E-state index contributed by atoms with van der Waals surface area (Å²) in [5.41, 5.74) is 0.859. The number of carbonyl (C=O) groups is 5. The lowest BCUT2D eigenvalue weighted by Crippen LogP contribution is -2.51. The van der Waals surface area contributed by atoms with Gasteiger partial charge in [0.15, 0.2) is 6.04 Å². The fourth-order valence-electron chi connectivity index (χ4n) is 3.00. The second-order valence-electron chi connectivity index (χ2n) is 8.55.